The van der Waals surface area contributed by atoms with E-state index in [1.54, 1.807) is 6.92 Å². The van der Waals surface area contributed by atoms with Crippen LogP contribution in [0.25, 0.3) is 0 Å². The molecular formula is C15H21F2NO. The maximum atomic E-state index is 14.3. The average Bonchev–Trinajstić information content (AvgIpc) is 2.81. The summed E-state index contributed by atoms with van der Waals surface area (Å²) in [6, 6.07) is 2.34. The lowest BCUT2D eigenvalue weighted by atomic mass is 9.86. The molecule has 106 valence electrons. The van der Waals surface area contributed by atoms with E-state index in [-0.39, 0.29) is 5.56 Å². The lowest BCUT2D eigenvalue weighted by Crippen LogP contribution is -2.42. The molecule has 1 N–H and O–H groups in total. The molecule has 0 amide bonds. The first kappa shape index (κ1) is 14.4. The minimum atomic E-state index is -0.550. The predicted octanol–water partition coefficient (Wildman–Crippen LogP) is 3.49. The number of hydrogen-bond acceptors (Lipinski definition) is 2. The molecule has 0 aromatic heterocycles. The number of aryl methyl sites for hydroxylation is 1. The van der Waals surface area contributed by atoms with Gasteiger partial charge in [0.25, 0.3) is 0 Å². The van der Waals surface area contributed by atoms with Gasteiger partial charge < -0.3 is 10.1 Å². The zero-order chi connectivity index (χ0) is 14.0. The summed E-state index contributed by atoms with van der Waals surface area (Å²) in [5, 5.41) is 3.19. The van der Waals surface area contributed by atoms with Crippen molar-refractivity contribution in [3.05, 3.63) is 34.9 Å². The Labute approximate surface area is 113 Å². The summed E-state index contributed by atoms with van der Waals surface area (Å²) in [4.78, 5) is 0. The monoisotopic (exact) mass is 269 g/mol. The van der Waals surface area contributed by atoms with E-state index in [1.807, 2.05) is 13.8 Å². The second-order valence-electron chi connectivity index (χ2n) is 5.35. The molecule has 0 spiro atoms. The van der Waals surface area contributed by atoms with Gasteiger partial charge in [0.2, 0.25) is 0 Å². The molecular weight excluding hydrogens is 248 g/mol. The Morgan fingerprint density at radius 2 is 2.16 bits per heavy atom. The fraction of sp³-hybridized carbons (Fsp3) is 0.600. The average molecular weight is 269 g/mol. The number of ether oxygens (including phenoxy) is 1. The van der Waals surface area contributed by atoms with Gasteiger partial charge in [-0.1, -0.05) is 13.0 Å². The van der Waals surface area contributed by atoms with E-state index in [2.05, 4.69) is 5.32 Å². The molecule has 19 heavy (non-hydrogen) atoms. The number of hydrogen-bond donors (Lipinski definition) is 1. The second kappa shape index (κ2) is 5.55. The van der Waals surface area contributed by atoms with Crippen molar-refractivity contribution in [3.63, 3.8) is 0 Å². The predicted molar refractivity (Wildman–Crippen MR) is 71.1 cm³/mol. The molecule has 1 saturated heterocycles. The van der Waals surface area contributed by atoms with Crippen molar-refractivity contribution in [1.82, 2.24) is 5.32 Å². The van der Waals surface area contributed by atoms with Gasteiger partial charge in [0, 0.05) is 12.2 Å². The summed E-state index contributed by atoms with van der Waals surface area (Å²) in [5.41, 5.74) is 0.0121. The van der Waals surface area contributed by atoms with Crippen molar-refractivity contribution in [2.75, 3.05) is 13.2 Å². The minimum Gasteiger partial charge on any atom is -0.373 e. The lowest BCUT2D eigenvalue weighted by molar-refractivity contribution is -0.0140. The Kier molecular flexibility index (Phi) is 4.21. The maximum Gasteiger partial charge on any atom is 0.133 e. The van der Waals surface area contributed by atoms with E-state index in [0.29, 0.717) is 18.7 Å². The number of rotatable bonds is 4. The second-order valence-corrected chi connectivity index (χ2v) is 5.35. The van der Waals surface area contributed by atoms with Crippen molar-refractivity contribution in [3.8, 4) is 0 Å². The van der Waals surface area contributed by atoms with Gasteiger partial charge >= 0.3 is 0 Å². The molecule has 2 unspecified atom stereocenters. The Morgan fingerprint density at radius 3 is 2.74 bits per heavy atom. The van der Waals surface area contributed by atoms with Gasteiger partial charge in [-0.05, 0) is 44.9 Å². The molecule has 4 heteroatoms. The van der Waals surface area contributed by atoms with Crippen LogP contribution in [0, 0.1) is 18.6 Å². The summed E-state index contributed by atoms with van der Waals surface area (Å²) in [5.74, 6) is -0.978. The molecule has 0 bridgehead atoms. The third kappa shape index (κ3) is 2.65. The first-order chi connectivity index (χ1) is 8.99. The van der Waals surface area contributed by atoms with Crippen LogP contribution in [-0.4, -0.2) is 18.8 Å². The van der Waals surface area contributed by atoms with Crippen molar-refractivity contribution >= 4 is 0 Å². The van der Waals surface area contributed by atoms with Crippen LogP contribution >= 0.6 is 0 Å². The molecule has 1 aliphatic rings. The largest absolute Gasteiger partial charge is 0.373 e. The maximum absolute atomic E-state index is 14.3. The third-order valence-corrected chi connectivity index (χ3v) is 3.88. The van der Waals surface area contributed by atoms with Crippen molar-refractivity contribution in [2.45, 2.75) is 45.3 Å². The molecule has 2 rings (SSSR count). The van der Waals surface area contributed by atoms with Crippen LogP contribution in [0.4, 0.5) is 8.78 Å². The normalized spacial score (nSPS) is 24.7. The molecule has 1 aliphatic heterocycles. The van der Waals surface area contributed by atoms with Crippen LogP contribution in [0.2, 0.25) is 0 Å². The van der Waals surface area contributed by atoms with Gasteiger partial charge in [-0.15, -0.1) is 0 Å². The summed E-state index contributed by atoms with van der Waals surface area (Å²) in [6.07, 6.45) is 1.73. The molecule has 1 heterocycles. The Balaban J connectivity index is 2.47. The highest BCUT2D eigenvalue weighted by Crippen LogP contribution is 2.39. The van der Waals surface area contributed by atoms with Crippen molar-refractivity contribution < 1.29 is 13.5 Å². The summed E-state index contributed by atoms with van der Waals surface area (Å²) < 4.78 is 34.2. The van der Waals surface area contributed by atoms with E-state index in [4.69, 9.17) is 4.74 Å². The highest BCUT2D eigenvalue weighted by molar-refractivity contribution is 5.31. The molecule has 0 saturated carbocycles. The summed E-state index contributed by atoms with van der Waals surface area (Å²) in [7, 11) is 0. The Hall–Kier alpha value is -1.00. The van der Waals surface area contributed by atoms with Crippen LogP contribution in [0.1, 0.15) is 43.9 Å². The van der Waals surface area contributed by atoms with Gasteiger partial charge in [0.05, 0.1) is 11.6 Å². The zero-order valence-corrected chi connectivity index (χ0v) is 11.7. The van der Waals surface area contributed by atoms with Crippen molar-refractivity contribution in [2.24, 2.45) is 0 Å². The van der Waals surface area contributed by atoms with Gasteiger partial charge in [0.1, 0.15) is 11.6 Å². The summed E-state index contributed by atoms with van der Waals surface area (Å²) in [6.45, 7) is 6.79. The lowest BCUT2D eigenvalue weighted by Gasteiger charge is -2.34. The number of nitrogens with one attached hydrogen (secondary N) is 1. The van der Waals surface area contributed by atoms with Crippen LogP contribution in [0.3, 0.4) is 0 Å². The molecule has 1 aromatic rings. The van der Waals surface area contributed by atoms with E-state index in [1.165, 1.54) is 12.1 Å². The third-order valence-electron chi connectivity index (χ3n) is 3.88. The highest BCUT2D eigenvalue weighted by atomic mass is 19.1. The first-order valence-electron chi connectivity index (χ1n) is 6.81. The van der Waals surface area contributed by atoms with E-state index < -0.39 is 23.3 Å². The van der Waals surface area contributed by atoms with Gasteiger partial charge in [-0.3, -0.25) is 0 Å². The summed E-state index contributed by atoms with van der Waals surface area (Å²) >= 11 is 0. The van der Waals surface area contributed by atoms with Gasteiger partial charge in [0.15, 0.2) is 0 Å². The zero-order valence-electron chi connectivity index (χ0n) is 11.7. The Morgan fingerprint density at radius 1 is 1.42 bits per heavy atom. The highest BCUT2D eigenvalue weighted by Gasteiger charge is 2.41. The molecule has 1 fully saturated rings. The van der Waals surface area contributed by atoms with E-state index in [0.717, 1.165) is 12.8 Å². The van der Waals surface area contributed by atoms with Crippen LogP contribution in [0.15, 0.2) is 12.1 Å². The standard InChI is InChI=1S/C15H21F2NO/c1-4-18-14(15(3)8-5-9-19-15)12-11(16)7-6-10(2)13(12)17/h6-7,14,18H,4-5,8-9H2,1-3H3. The SMILES string of the molecule is CCNC(c1c(F)ccc(C)c1F)C1(C)CCCO1. The fourth-order valence-corrected chi connectivity index (χ4v) is 2.80. The Bertz CT molecular complexity index is 456. The topological polar surface area (TPSA) is 21.3 Å². The van der Waals surface area contributed by atoms with Crippen molar-refractivity contribution in [1.29, 1.82) is 0 Å². The van der Waals surface area contributed by atoms with E-state index >= 15 is 0 Å². The minimum absolute atomic E-state index is 0.103. The number of benzene rings is 1. The molecule has 0 radical (unpaired) electrons. The van der Waals surface area contributed by atoms with Gasteiger partial charge in [-0.2, -0.15) is 0 Å². The molecule has 2 nitrogen and oxygen atoms in total. The van der Waals surface area contributed by atoms with Crippen LogP contribution in [-0.2, 0) is 4.74 Å². The molecule has 1 aromatic carbocycles. The van der Waals surface area contributed by atoms with E-state index in [9.17, 15) is 8.78 Å². The van der Waals surface area contributed by atoms with Crippen LogP contribution < -0.4 is 5.32 Å². The fourth-order valence-electron chi connectivity index (χ4n) is 2.80. The first-order valence-corrected chi connectivity index (χ1v) is 6.81. The molecule has 0 aliphatic carbocycles. The number of likely N-dealkylation sites (N-methyl/N-ethyl adjacent to an activating group) is 1. The molecule has 2 atom stereocenters. The smallest absolute Gasteiger partial charge is 0.133 e. The number of halogens is 2. The van der Waals surface area contributed by atoms with Crippen LogP contribution in [0.5, 0.6) is 0 Å². The van der Waals surface area contributed by atoms with Gasteiger partial charge in [-0.25, -0.2) is 8.78 Å². The quantitative estimate of drug-likeness (QED) is 0.903.